The largest absolute Gasteiger partial charge is 0.395 e. The summed E-state index contributed by atoms with van der Waals surface area (Å²) in [5.41, 5.74) is 8.12. The van der Waals surface area contributed by atoms with E-state index in [2.05, 4.69) is 11.4 Å². The zero-order valence-electron chi connectivity index (χ0n) is 8.70. The van der Waals surface area contributed by atoms with Gasteiger partial charge in [0.15, 0.2) is 0 Å². The van der Waals surface area contributed by atoms with Crippen LogP contribution < -0.4 is 11.1 Å². The molecule has 78 valence electrons. The number of nitrogens with two attached hydrogens (primary N) is 1. The quantitative estimate of drug-likeness (QED) is 0.657. The van der Waals surface area contributed by atoms with E-state index in [4.69, 9.17) is 10.8 Å². The van der Waals surface area contributed by atoms with Crippen molar-refractivity contribution in [3.63, 3.8) is 0 Å². The van der Waals surface area contributed by atoms with E-state index in [9.17, 15) is 0 Å². The summed E-state index contributed by atoms with van der Waals surface area (Å²) in [6, 6.07) is 7.89. The van der Waals surface area contributed by atoms with Gasteiger partial charge in [-0.1, -0.05) is 29.8 Å². The van der Waals surface area contributed by atoms with E-state index < -0.39 is 0 Å². The average molecular weight is 194 g/mol. The van der Waals surface area contributed by atoms with Crippen LogP contribution in [-0.2, 0) is 0 Å². The van der Waals surface area contributed by atoms with Crippen LogP contribution in [0.2, 0.25) is 0 Å². The van der Waals surface area contributed by atoms with E-state index in [1.807, 2.05) is 32.2 Å². The normalized spacial score (nSPS) is 15.1. The van der Waals surface area contributed by atoms with Crippen LogP contribution >= 0.6 is 0 Å². The minimum absolute atomic E-state index is 0.0138. The van der Waals surface area contributed by atoms with Gasteiger partial charge in [0, 0.05) is 12.1 Å². The fourth-order valence-corrected chi connectivity index (χ4v) is 1.60. The number of rotatable bonds is 4. The third-order valence-electron chi connectivity index (χ3n) is 2.35. The second-order valence-electron chi connectivity index (χ2n) is 3.53. The molecule has 0 fully saturated rings. The molecule has 1 aromatic carbocycles. The molecule has 0 amide bonds. The summed E-state index contributed by atoms with van der Waals surface area (Å²) in [4.78, 5) is 0. The van der Waals surface area contributed by atoms with Gasteiger partial charge in [-0.15, -0.1) is 0 Å². The van der Waals surface area contributed by atoms with Gasteiger partial charge in [0.05, 0.1) is 6.61 Å². The zero-order chi connectivity index (χ0) is 10.6. The van der Waals surface area contributed by atoms with Crippen LogP contribution in [0.15, 0.2) is 24.3 Å². The van der Waals surface area contributed by atoms with E-state index in [-0.39, 0.29) is 18.7 Å². The molecule has 0 saturated carbocycles. The Labute approximate surface area is 84.9 Å². The van der Waals surface area contributed by atoms with Crippen molar-refractivity contribution >= 4 is 0 Å². The van der Waals surface area contributed by atoms with Crippen molar-refractivity contribution in [2.75, 3.05) is 13.7 Å². The molecule has 3 heteroatoms. The molecule has 0 aliphatic heterocycles. The summed E-state index contributed by atoms with van der Waals surface area (Å²) in [5.74, 6) is 0. The smallest absolute Gasteiger partial charge is 0.0601 e. The van der Waals surface area contributed by atoms with Crippen LogP contribution in [0.3, 0.4) is 0 Å². The van der Waals surface area contributed by atoms with Crippen molar-refractivity contribution in [1.82, 2.24) is 5.32 Å². The van der Waals surface area contributed by atoms with Crippen LogP contribution in [0.1, 0.15) is 17.2 Å². The highest BCUT2D eigenvalue weighted by atomic mass is 16.3. The van der Waals surface area contributed by atoms with Gasteiger partial charge in [-0.3, -0.25) is 0 Å². The lowest BCUT2D eigenvalue weighted by Crippen LogP contribution is -2.38. The zero-order valence-corrected chi connectivity index (χ0v) is 8.70. The van der Waals surface area contributed by atoms with E-state index in [0.717, 1.165) is 5.56 Å². The SMILES string of the molecule is CNC(c1cccc(C)c1)C(N)CO. The second kappa shape index (κ2) is 5.10. The highest BCUT2D eigenvalue weighted by Crippen LogP contribution is 2.16. The number of nitrogens with one attached hydrogen (secondary N) is 1. The number of aliphatic hydroxyl groups excluding tert-OH is 1. The monoisotopic (exact) mass is 194 g/mol. The molecule has 2 unspecified atom stereocenters. The van der Waals surface area contributed by atoms with Crippen molar-refractivity contribution in [1.29, 1.82) is 0 Å². The molecule has 1 rings (SSSR count). The number of benzene rings is 1. The maximum atomic E-state index is 9.00. The molecule has 0 saturated heterocycles. The third kappa shape index (κ3) is 2.54. The van der Waals surface area contributed by atoms with Gasteiger partial charge in [0.1, 0.15) is 0 Å². The Morgan fingerprint density at radius 1 is 1.50 bits per heavy atom. The van der Waals surface area contributed by atoms with E-state index in [1.54, 1.807) is 0 Å². The Hall–Kier alpha value is -0.900. The fourth-order valence-electron chi connectivity index (χ4n) is 1.60. The predicted molar refractivity (Wildman–Crippen MR) is 58.0 cm³/mol. The number of aliphatic hydroxyl groups is 1. The van der Waals surface area contributed by atoms with Crippen molar-refractivity contribution < 1.29 is 5.11 Å². The molecule has 0 aromatic heterocycles. The van der Waals surface area contributed by atoms with Gasteiger partial charge in [-0.05, 0) is 19.5 Å². The fraction of sp³-hybridized carbons (Fsp3) is 0.455. The van der Waals surface area contributed by atoms with Gasteiger partial charge in [-0.2, -0.15) is 0 Å². The van der Waals surface area contributed by atoms with Crippen LogP contribution in [0.5, 0.6) is 0 Å². The lowest BCUT2D eigenvalue weighted by Gasteiger charge is -2.22. The Kier molecular flexibility index (Phi) is 4.07. The summed E-state index contributed by atoms with van der Waals surface area (Å²) < 4.78 is 0. The summed E-state index contributed by atoms with van der Waals surface area (Å²) in [6.07, 6.45) is 0. The molecule has 14 heavy (non-hydrogen) atoms. The molecule has 2 atom stereocenters. The molecular weight excluding hydrogens is 176 g/mol. The highest BCUT2D eigenvalue weighted by molar-refractivity contribution is 5.26. The molecular formula is C11H18N2O. The second-order valence-corrected chi connectivity index (χ2v) is 3.53. The first-order chi connectivity index (χ1) is 6.69. The Bertz CT molecular complexity index is 288. The number of hydrogen-bond acceptors (Lipinski definition) is 3. The number of hydrogen-bond donors (Lipinski definition) is 3. The number of aryl methyl sites for hydroxylation is 1. The minimum Gasteiger partial charge on any atom is -0.395 e. The van der Waals surface area contributed by atoms with Gasteiger partial charge in [-0.25, -0.2) is 0 Å². The van der Waals surface area contributed by atoms with E-state index in [1.165, 1.54) is 5.56 Å². The van der Waals surface area contributed by atoms with Gasteiger partial charge >= 0.3 is 0 Å². The maximum Gasteiger partial charge on any atom is 0.0601 e. The average Bonchev–Trinajstić information content (AvgIpc) is 2.19. The highest BCUT2D eigenvalue weighted by Gasteiger charge is 2.16. The molecule has 0 spiro atoms. The molecule has 0 aliphatic carbocycles. The topological polar surface area (TPSA) is 58.3 Å². The molecule has 0 radical (unpaired) electrons. The van der Waals surface area contributed by atoms with Crippen LogP contribution in [-0.4, -0.2) is 24.8 Å². The molecule has 4 N–H and O–H groups in total. The lowest BCUT2D eigenvalue weighted by molar-refractivity contribution is 0.240. The standard InChI is InChI=1S/C11H18N2O/c1-8-4-3-5-9(6-8)11(13-2)10(12)7-14/h3-6,10-11,13-14H,7,12H2,1-2H3. The lowest BCUT2D eigenvalue weighted by atomic mass is 9.99. The Morgan fingerprint density at radius 3 is 2.71 bits per heavy atom. The van der Waals surface area contributed by atoms with Gasteiger partial charge < -0.3 is 16.2 Å². The Balaban J connectivity index is 2.89. The van der Waals surface area contributed by atoms with Gasteiger partial charge in [0.2, 0.25) is 0 Å². The van der Waals surface area contributed by atoms with Crippen LogP contribution in [0, 0.1) is 6.92 Å². The molecule has 3 nitrogen and oxygen atoms in total. The summed E-state index contributed by atoms with van der Waals surface area (Å²) >= 11 is 0. The molecule has 0 aliphatic rings. The van der Waals surface area contributed by atoms with Crippen LogP contribution in [0.25, 0.3) is 0 Å². The van der Waals surface area contributed by atoms with Crippen molar-refractivity contribution in [3.8, 4) is 0 Å². The summed E-state index contributed by atoms with van der Waals surface area (Å²) in [7, 11) is 1.85. The summed E-state index contributed by atoms with van der Waals surface area (Å²) in [6.45, 7) is 2.03. The van der Waals surface area contributed by atoms with Crippen molar-refractivity contribution in [2.24, 2.45) is 5.73 Å². The van der Waals surface area contributed by atoms with E-state index >= 15 is 0 Å². The minimum atomic E-state index is -0.262. The molecule has 0 heterocycles. The third-order valence-corrected chi connectivity index (χ3v) is 2.35. The molecule has 1 aromatic rings. The first kappa shape index (κ1) is 11.2. The first-order valence-electron chi connectivity index (χ1n) is 4.79. The van der Waals surface area contributed by atoms with E-state index in [0.29, 0.717) is 0 Å². The molecule has 0 bridgehead atoms. The maximum absolute atomic E-state index is 9.00. The van der Waals surface area contributed by atoms with Gasteiger partial charge in [0.25, 0.3) is 0 Å². The van der Waals surface area contributed by atoms with Crippen molar-refractivity contribution in [3.05, 3.63) is 35.4 Å². The first-order valence-corrected chi connectivity index (χ1v) is 4.79. The van der Waals surface area contributed by atoms with Crippen LogP contribution in [0.4, 0.5) is 0 Å². The van der Waals surface area contributed by atoms with Crippen molar-refractivity contribution in [2.45, 2.75) is 19.0 Å². The predicted octanol–water partition coefficient (Wildman–Crippen LogP) is 0.575. The summed E-state index contributed by atoms with van der Waals surface area (Å²) in [5, 5.41) is 12.1. The Morgan fingerprint density at radius 2 is 2.21 bits per heavy atom. The number of likely N-dealkylation sites (N-methyl/N-ethyl adjacent to an activating group) is 1.